The summed E-state index contributed by atoms with van der Waals surface area (Å²) in [5.41, 5.74) is 1.28. The molecule has 0 atom stereocenters. The SMILES string of the molecule is CCN(C(=O)c1cc(Br)cn1C)c1cccc(O)c1. The van der Waals surface area contributed by atoms with Crippen molar-refractivity contribution in [2.45, 2.75) is 6.92 Å². The van der Waals surface area contributed by atoms with Gasteiger partial charge in [-0.25, -0.2) is 0 Å². The van der Waals surface area contributed by atoms with Crippen LogP contribution in [0.1, 0.15) is 17.4 Å². The lowest BCUT2D eigenvalue weighted by Crippen LogP contribution is -2.31. The summed E-state index contributed by atoms with van der Waals surface area (Å²) in [4.78, 5) is 14.2. The van der Waals surface area contributed by atoms with Gasteiger partial charge in [-0.2, -0.15) is 0 Å². The van der Waals surface area contributed by atoms with Crippen molar-refractivity contribution in [2.24, 2.45) is 7.05 Å². The van der Waals surface area contributed by atoms with E-state index in [1.807, 2.05) is 20.2 Å². The number of amides is 1. The number of benzene rings is 1. The first-order chi connectivity index (χ1) is 9.02. The lowest BCUT2D eigenvalue weighted by Gasteiger charge is -2.21. The highest BCUT2D eigenvalue weighted by atomic mass is 79.9. The molecule has 0 aliphatic heterocycles. The lowest BCUT2D eigenvalue weighted by molar-refractivity contribution is 0.0980. The predicted molar refractivity (Wildman–Crippen MR) is 78.6 cm³/mol. The second kappa shape index (κ2) is 5.48. The molecule has 1 aromatic carbocycles. The average Bonchev–Trinajstić information content (AvgIpc) is 2.69. The third kappa shape index (κ3) is 2.81. The number of anilines is 1. The van der Waals surface area contributed by atoms with Gasteiger partial charge in [0.15, 0.2) is 0 Å². The molecule has 2 rings (SSSR count). The summed E-state index contributed by atoms with van der Waals surface area (Å²) in [6.07, 6.45) is 1.84. The predicted octanol–water partition coefficient (Wildman–Crippen LogP) is 3.16. The number of aryl methyl sites for hydroxylation is 1. The van der Waals surface area contributed by atoms with Crippen molar-refractivity contribution in [3.05, 3.63) is 46.7 Å². The molecule has 0 aliphatic carbocycles. The first-order valence-corrected chi connectivity index (χ1v) is 6.75. The maximum atomic E-state index is 12.5. The molecule has 0 saturated carbocycles. The molecule has 2 aromatic rings. The highest BCUT2D eigenvalue weighted by molar-refractivity contribution is 9.10. The molecule has 0 fully saturated rings. The second-order valence-electron chi connectivity index (χ2n) is 4.22. The second-order valence-corrected chi connectivity index (χ2v) is 5.14. The quantitative estimate of drug-likeness (QED) is 0.943. The summed E-state index contributed by atoms with van der Waals surface area (Å²) in [7, 11) is 1.83. The van der Waals surface area contributed by atoms with Crippen molar-refractivity contribution >= 4 is 27.5 Å². The molecule has 1 aromatic heterocycles. The number of nitrogens with zero attached hydrogens (tertiary/aromatic N) is 2. The molecule has 0 spiro atoms. The molecule has 0 aliphatic rings. The number of halogens is 1. The zero-order chi connectivity index (χ0) is 14.0. The van der Waals surface area contributed by atoms with E-state index in [9.17, 15) is 9.90 Å². The summed E-state index contributed by atoms with van der Waals surface area (Å²) < 4.78 is 2.64. The van der Waals surface area contributed by atoms with Crippen LogP contribution < -0.4 is 4.90 Å². The zero-order valence-electron chi connectivity index (χ0n) is 10.8. The minimum atomic E-state index is -0.0960. The number of carbonyl (C=O) groups excluding carboxylic acids is 1. The van der Waals surface area contributed by atoms with Gasteiger partial charge in [0.2, 0.25) is 0 Å². The van der Waals surface area contributed by atoms with Crippen LogP contribution in [0.15, 0.2) is 41.0 Å². The number of aromatic hydroxyl groups is 1. The van der Waals surface area contributed by atoms with Crippen molar-refractivity contribution in [1.82, 2.24) is 4.57 Å². The van der Waals surface area contributed by atoms with E-state index in [2.05, 4.69) is 15.9 Å². The van der Waals surface area contributed by atoms with E-state index in [0.29, 0.717) is 17.9 Å². The Hall–Kier alpha value is -1.75. The monoisotopic (exact) mass is 322 g/mol. The van der Waals surface area contributed by atoms with Gasteiger partial charge in [0, 0.05) is 36.0 Å². The van der Waals surface area contributed by atoms with Gasteiger partial charge in [-0.15, -0.1) is 0 Å². The zero-order valence-corrected chi connectivity index (χ0v) is 12.4. The Bertz CT molecular complexity index is 607. The van der Waals surface area contributed by atoms with E-state index >= 15 is 0 Å². The maximum absolute atomic E-state index is 12.5. The van der Waals surface area contributed by atoms with Crippen LogP contribution in [0.4, 0.5) is 5.69 Å². The van der Waals surface area contributed by atoms with Crippen LogP contribution >= 0.6 is 15.9 Å². The van der Waals surface area contributed by atoms with Gasteiger partial charge in [-0.05, 0) is 41.1 Å². The Morgan fingerprint density at radius 3 is 2.68 bits per heavy atom. The molecule has 1 N–H and O–H groups in total. The fraction of sp³-hybridized carbons (Fsp3) is 0.214. The van der Waals surface area contributed by atoms with Crippen LogP contribution in [-0.4, -0.2) is 22.1 Å². The topological polar surface area (TPSA) is 45.5 Å². The summed E-state index contributed by atoms with van der Waals surface area (Å²) in [5.74, 6) is 0.0538. The number of phenols is 1. The number of phenolic OH excluding ortho intramolecular Hbond substituents is 1. The molecule has 0 radical (unpaired) electrons. The minimum absolute atomic E-state index is 0.0960. The van der Waals surface area contributed by atoms with Crippen molar-refractivity contribution in [3.8, 4) is 5.75 Å². The largest absolute Gasteiger partial charge is 0.508 e. The normalized spacial score (nSPS) is 10.5. The van der Waals surface area contributed by atoms with Gasteiger partial charge in [0.05, 0.1) is 0 Å². The third-order valence-electron chi connectivity index (χ3n) is 2.89. The average molecular weight is 323 g/mol. The standard InChI is InChI=1S/C14H15BrN2O2/c1-3-17(11-5-4-6-12(18)8-11)14(19)13-7-10(15)9-16(13)2/h4-9,18H,3H2,1-2H3. The molecule has 1 amide bonds. The Kier molecular flexibility index (Phi) is 3.95. The Morgan fingerprint density at radius 2 is 2.16 bits per heavy atom. The number of hydrogen-bond acceptors (Lipinski definition) is 2. The minimum Gasteiger partial charge on any atom is -0.508 e. The summed E-state index contributed by atoms with van der Waals surface area (Å²) in [6.45, 7) is 2.44. The van der Waals surface area contributed by atoms with Gasteiger partial charge in [0.1, 0.15) is 11.4 Å². The first-order valence-electron chi connectivity index (χ1n) is 5.95. The highest BCUT2D eigenvalue weighted by Gasteiger charge is 2.19. The Balaban J connectivity index is 2.37. The first kappa shape index (κ1) is 13.7. The molecule has 0 bridgehead atoms. The van der Waals surface area contributed by atoms with Crippen molar-refractivity contribution in [1.29, 1.82) is 0 Å². The van der Waals surface area contributed by atoms with E-state index in [0.717, 1.165) is 4.47 Å². The van der Waals surface area contributed by atoms with Gasteiger partial charge in [-0.1, -0.05) is 6.07 Å². The van der Waals surface area contributed by atoms with Gasteiger partial charge in [0.25, 0.3) is 5.91 Å². The Morgan fingerprint density at radius 1 is 1.42 bits per heavy atom. The van der Waals surface area contributed by atoms with Crippen LogP contribution in [0.3, 0.4) is 0 Å². The number of rotatable bonds is 3. The summed E-state index contributed by atoms with van der Waals surface area (Å²) in [5, 5.41) is 9.52. The molecule has 100 valence electrons. The van der Waals surface area contributed by atoms with E-state index in [-0.39, 0.29) is 11.7 Å². The molecular formula is C14H15BrN2O2. The smallest absolute Gasteiger partial charge is 0.274 e. The lowest BCUT2D eigenvalue weighted by atomic mass is 10.2. The van der Waals surface area contributed by atoms with E-state index < -0.39 is 0 Å². The third-order valence-corrected chi connectivity index (χ3v) is 3.33. The van der Waals surface area contributed by atoms with E-state index in [4.69, 9.17) is 0 Å². The van der Waals surface area contributed by atoms with Crippen LogP contribution in [-0.2, 0) is 7.05 Å². The van der Waals surface area contributed by atoms with Crippen LogP contribution in [0.25, 0.3) is 0 Å². The van der Waals surface area contributed by atoms with Crippen LogP contribution in [0.5, 0.6) is 5.75 Å². The van der Waals surface area contributed by atoms with Gasteiger partial charge in [-0.3, -0.25) is 4.79 Å². The molecule has 0 saturated heterocycles. The highest BCUT2D eigenvalue weighted by Crippen LogP contribution is 2.23. The number of carbonyl (C=O) groups is 1. The van der Waals surface area contributed by atoms with Gasteiger partial charge < -0.3 is 14.6 Å². The van der Waals surface area contributed by atoms with Crippen molar-refractivity contribution < 1.29 is 9.90 Å². The van der Waals surface area contributed by atoms with Gasteiger partial charge >= 0.3 is 0 Å². The molecule has 5 heteroatoms. The summed E-state index contributed by atoms with van der Waals surface area (Å²) in [6, 6.07) is 8.48. The number of aromatic nitrogens is 1. The molecular weight excluding hydrogens is 308 g/mol. The summed E-state index contributed by atoms with van der Waals surface area (Å²) >= 11 is 3.36. The Labute approximate surface area is 120 Å². The van der Waals surface area contributed by atoms with Crippen molar-refractivity contribution in [3.63, 3.8) is 0 Å². The molecule has 4 nitrogen and oxygen atoms in total. The fourth-order valence-electron chi connectivity index (χ4n) is 1.98. The fourth-order valence-corrected chi connectivity index (χ4v) is 2.50. The van der Waals surface area contributed by atoms with Crippen LogP contribution in [0.2, 0.25) is 0 Å². The van der Waals surface area contributed by atoms with E-state index in [1.54, 1.807) is 39.8 Å². The van der Waals surface area contributed by atoms with Crippen LogP contribution in [0, 0.1) is 0 Å². The molecule has 19 heavy (non-hydrogen) atoms. The number of hydrogen-bond donors (Lipinski definition) is 1. The molecule has 1 heterocycles. The molecule has 0 unspecified atom stereocenters. The van der Waals surface area contributed by atoms with E-state index in [1.165, 1.54) is 0 Å². The maximum Gasteiger partial charge on any atom is 0.274 e. The van der Waals surface area contributed by atoms with Crippen molar-refractivity contribution in [2.75, 3.05) is 11.4 Å².